The number of nitrogens with one attached hydrogen (secondary N) is 1. The van der Waals surface area contributed by atoms with Gasteiger partial charge in [0.1, 0.15) is 5.78 Å². The first-order chi connectivity index (χ1) is 10.1. The van der Waals surface area contributed by atoms with Crippen molar-refractivity contribution in [3.8, 4) is 0 Å². The second-order valence-electron chi connectivity index (χ2n) is 5.61. The van der Waals surface area contributed by atoms with Crippen LogP contribution >= 0.6 is 7.60 Å². The zero-order valence-electron chi connectivity index (χ0n) is 12.6. The van der Waals surface area contributed by atoms with Crippen molar-refractivity contribution in [2.24, 2.45) is 5.92 Å². The van der Waals surface area contributed by atoms with Crippen LogP contribution < -0.4 is 5.32 Å². The number of hydrogen-bond acceptors (Lipinski definition) is 4. The molecule has 1 aliphatic carbocycles. The van der Waals surface area contributed by atoms with Crippen molar-refractivity contribution in [3.63, 3.8) is 0 Å². The lowest BCUT2D eigenvalue weighted by Crippen LogP contribution is -2.38. The molecule has 0 amide bonds. The van der Waals surface area contributed by atoms with Gasteiger partial charge in [-0.05, 0) is 30.9 Å². The summed E-state index contributed by atoms with van der Waals surface area (Å²) < 4.78 is 17.2. The van der Waals surface area contributed by atoms with Crippen LogP contribution in [-0.4, -0.2) is 29.3 Å². The summed E-state index contributed by atoms with van der Waals surface area (Å²) in [6.07, 6.45) is 7.98. The fourth-order valence-electron chi connectivity index (χ4n) is 3.01. The molecule has 0 bridgehead atoms. The molecule has 0 saturated heterocycles. The summed E-state index contributed by atoms with van der Waals surface area (Å²) in [5.74, 6) is -0.246. The Kier molecular flexibility index (Phi) is 6.37. The van der Waals surface area contributed by atoms with Crippen LogP contribution in [0.5, 0.6) is 0 Å². The Labute approximate surface area is 126 Å². The van der Waals surface area contributed by atoms with Gasteiger partial charge in [0.2, 0.25) is 0 Å². The third-order valence-corrected chi connectivity index (χ3v) is 6.00. The predicted molar refractivity (Wildman–Crippen MR) is 83.1 cm³/mol. The quantitative estimate of drug-likeness (QED) is 0.757. The molecule has 0 aliphatic heterocycles. The number of pyridine rings is 1. The highest BCUT2D eigenvalue weighted by Gasteiger charge is 2.37. The molecule has 1 aromatic rings. The Morgan fingerprint density at radius 3 is 2.81 bits per heavy atom. The molecule has 1 heterocycles. The molecule has 0 aromatic carbocycles. The van der Waals surface area contributed by atoms with E-state index in [4.69, 9.17) is 4.52 Å². The molecule has 5 nitrogen and oxygen atoms in total. The average Bonchev–Trinajstić information content (AvgIpc) is 2.53. The van der Waals surface area contributed by atoms with Crippen LogP contribution in [0.2, 0.25) is 0 Å². The van der Waals surface area contributed by atoms with Crippen LogP contribution in [0.25, 0.3) is 0 Å². The molecular weight excluding hydrogens is 287 g/mol. The zero-order chi connectivity index (χ0) is 15.1. The van der Waals surface area contributed by atoms with Gasteiger partial charge in [0.05, 0.1) is 0 Å². The van der Waals surface area contributed by atoms with Gasteiger partial charge in [-0.1, -0.05) is 25.3 Å². The zero-order valence-corrected chi connectivity index (χ0v) is 13.5. The van der Waals surface area contributed by atoms with Gasteiger partial charge in [-0.2, -0.15) is 0 Å². The van der Waals surface area contributed by atoms with Crippen LogP contribution in [0.3, 0.4) is 0 Å². The molecule has 118 valence electrons. The molecule has 1 fully saturated rings. The predicted octanol–water partition coefficient (Wildman–Crippen LogP) is 2.95. The van der Waals surface area contributed by atoms with Crippen molar-refractivity contribution in [2.45, 2.75) is 44.3 Å². The number of rotatable bonds is 7. The molecule has 21 heavy (non-hydrogen) atoms. The molecule has 1 aliphatic rings. The highest BCUT2D eigenvalue weighted by atomic mass is 31.2. The van der Waals surface area contributed by atoms with Gasteiger partial charge in [0.15, 0.2) is 0 Å². The van der Waals surface area contributed by atoms with Crippen molar-refractivity contribution in [2.75, 3.05) is 13.7 Å². The molecule has 2 atom stereocenters. The van der Waals surface area contributed by atoms with Gasteiger partial charge >= 0.3 is 7.60 Å². The van der Waals surface area contributed by atoms with E-state index in [1.807, 2.05) is 18.2 Å². The normalized spacial score (nSPS) is 20.9. The molecule has 6 heteroatoms. The van der Waals surface area contributed by atoms with Gasteiger partial charge in [0.25, 0.3) is 0 Å². The van der Waals surface area contributed by atoms with E-state index in [1.54, 1.807) is 6.20 Å². The minimum atomic E-state index is -3.60. The van der Waals surface area contributed by atoms with Crippen LogP contribution in [0.1, 0.15) is 37.8 Å². The number of aromatic nitrogens is 1. The summed E-state index contributed by atoms with van der Waals surface area (Å²) in [4.78, 5) is 14.4. The summed E-state index contributed by atoms with van der Waals surface area (Å²) >= 11 is 0. The Morgan fingerprint density at radius 2 is 2.19 bits per heavy atom. The second-order valence-corrected chi connectivity index (χ2v) is 7.66. The van der Waals surface area contributed by atoms with Crippen LogP contribution in [0.4, 0.5) is 0 Å². The molecule has 0 spiro atoms. The van der Waals surface area contributed by atoms with E-state index in [1.165, 1.54) is 13.5 Å². The Morgan fingerprint density at radius 1 is 1.43 bits per heavy atom. The Balaban J connectivity index is 1.94. The van der Waals surface area contributed by atoms with Crippen molar-refractivity contribution in [3.05, 3.63) is 30.1 Å². The van der Waals surface area contributed by atoms with Gasteiger partial charge < -0.3 is 14.7 Å². The lowest BCUT2D eigenvalue weighted by molar-refractivity contribution is 0.246. The minimum absolute atomic E-state index is 0.221. The van der Waals surface area contributed by atoms with E-state index < -0.39 is 13.4 Å². The largest absolute Gasteiger partial charge is 0.344 e. The van der Waals surface area contributed by atoms with Crippen molar-refractivity contribution in [1.29, 1.82) is 0 Å². The van der Waals surface area contributed by atoms with Gasteiger partial charge in [-0.15, -0.1) is 0 Å². The topological polar surface area (TPSA) is 71.5 Å². The maximum absolute atomic E-state index is 12.3. The summed E-state index contributed by atoms with van der Waals surface area (Å²) in [6.45, 7) is 0.631. The van der Waals surface area contributed by atoms with Crippen molar-refractivity contribution in [1.82, 2.24) is 10.3 Å². The smallest absolute Gasteiger partial charge is 0.323 e. The van der Waals surface area contributed by atoms with E-state index in [2.05, 4.69) is 10.3 Å². The molecule has 0 radical (unpaired) electrons. The fourth-order valence-corrected chi connectivity index (χ4v) is 4.42. The molecular formula is C15H25N2O3P. The third-order valence-electron chi connectivity index (χ3n) is 4.17. The van der Waals surface area contributed by atoms with Crippen molar-refractivity contribution < 1.29 is 14.0 Å². The van der Waals surface area contributed by atoms with E-state index in [0.717, 1.165) is 37.8 Å². The van der Waals surface area contributed by atoms with Crippen LogP contribution in [0.15, 0.2) is 24.4 Å². The molecule has 2 rings (SSSR count). The Bertz CT molecular complexity index is 463. The average molecular weight is 312 g/mol. The van der Waals surface area contributed by atoms with Crippen molar-refractivity contribution >= 4 is 7.60 Å². The summed E-state index contributed by atoms with van der Waals surface area (Å²) in [5.41, 5.74) is 0.984. The van der Waals surface area contributed by atoms with E-state index >= 15 is 0 Å². The molecule has 2 unspecified atom stereocenters. The third kappa shape index (κ3) is 4.89. The number of hydrogen-bond donors (Lipinski definition) is 2. The molecule has 1 aromatic heterocycles. The summed E-state index contributed by atoms with van der Waals surface area (Å²) in [6, 6.07) is 5.80. The maximum atomic E-state index is 12.3. The standard InChI is InChI=1S/C15H25N2O3P/c1-20-21(18,19)15(13-7-3-2-4-8-13)17-12-10-14-9-5-6-11-16-14/h5-6,9,11,13,15,17H,2-4,7-8,10,12H2,1H3,(H,18,19). The van der Waals surface area contributed by atoms with E-state index in [-0.39, 0.29) is 5.92 Å². The minimum Gasteiger partial charge on any atom is -0.323 e. The molecule has 2 N–H and O–H groups in total. The van der Waals surface area contributed by atoms with Gasteiger partial charge in [-0.3, -0.25) is 9.55 Å². The first-order valence-electron chi connectivity index (χ1n) is 7.65. The highest BCUT2D eigenvalue weighted by Crippen LogP contribution is 2.51. The van der Waals surface area contributed by atoms with E-state index in [0.29, 0.717) is 6.54 Å². The fraction of sp³-hybridized carbons (Fsp3) is 0.667. The summed E-state index contributed by atoms with van der Waals surface area (Å²) in [7, 11) is -2.29. The first-order valence-corrected chi connectivity index (χ1v) is 9.29. The summed E-state index contributed by atoms with van der Waals surface area (Å²) in [5, 5.41) is 3.25. The van der Waals surface area contributed by atoms with Gasteiger partial charge in [-0.25, -0.2) is 0 Å². The lowest BCUT2D eigenvalue weighted by Gasteiger charge is -2.32. The number of nitrogens with zero attached hydrogens (tertiary/aromatic N) is 1. The van der Waals surface area contributed by atoms with Crippen LogP contribution in [0, 0.1) is 5.92 Å². The van der Waals surface area contributed by atoms with E-state index in [9.17, 15) is 9.46 Å². The monoisotopic (exact) mass is 312 g/mol. The maximum Gasteiger partial charge on any atom is 0.344 e. The Hall–Kier alpha value is -0.740. The van der Waals surface area contributed by atoms with Gasteiger partial charge in [0, 0.05) is 32.0 Å². The first kappa shape index (κ1) is 16.6. The lowest BCUT2D eigenvalue weighted by atomic mass is 9.89. The van der Waals surface area contributed by atoms with Crippen LogP contribution in [-0.2, 0) is 15.5 Å². The second kappa shape index (κ2) is 8.04. The SMILES string of the molecule is COP(=O)(O)C(NCCc1ccccn1)C1CCCCC1. The highest BCUT2D eigenvalue weighted by molar-refractivity contribution is 7.53. The molecule has 1 saturated carbocycles.